The van der Waals surface area contributed by atoms with E-state index in [-0.39, 0.29) is 12.3 Å². The standard InChI is InChI=1S/C19H19ClN2O3/c1-24-17-7-6-14(12-18(17)25-2)16-8-9-22(21-16)19(23)11-13-4-3-5-15(20)10-13/h3-7,10,12H,8-9,11H2,1-2H3. The maximum atomic E-state index is 12.5. The van der Waals surface area contributed by atoms with Gasteiger partial charge >= 0.3 is 0 Å². The van der Waals surface area contributed by atoms with Gasteiger partial charge in [-0.05, 0) is 35.9 Å². The Kier molecular flexibility index (Phi) is 5.24. The van der Waals surface area contributed by atoms with E-state index >= 15 is 0 Å². The van der Waals surface area contributed by atoms with Crippen molar-refractivity contribution >= 4 is 23.2 Å². The molecular formula is C19H19ClN2O3. The van der Waals surface area contributed by atoms with Crippen LogP contribution in [0, 0.1) is 0 Å². The van der Waals surface area contributed by atoms with Gasteiger partial charge in [0.05, 0.1) is 32.9 Å². The number of methoxy groups -OCH3 is 2. The van der Waals surface area contributed by atoms with E-state index in [1.54, 1.807) is 26.4 Å². The number of hydrazone groups is 1. The van der Waals surface area contributed by atoms with Crippen LogP contribution >= 0.6 is 11.6 Å². The van der Waals surface area contributed by atoms with Crippen LogP contribution in [0.1, 0.15) is 17.5 Å². The summed E-state index contributed by atoms with van der Waals surface area (Å²) in [5.41, 5.74) is 2.67. The summed E-state index contributed by atoms with van der Waals surface area (Å²) in [6.07, 6.45) is 0.986. The molecule has 0 N–H and O–H groups in total. The van der Waals surface area contributed by atoms with Gasteiger partial charge in [0.1, 0.15) is 0 Å². The number of rotatable bonds is 5. The van der Waals surface area contributed by atoms with Crippen LogP contribution in [0.15, 0.2) is 47.6 Å². The Labute approximate surface area is 151 Å². The third kappa shape index (κ3) is 3.94. The Morgan fingerprint density at radius 3 is 2.68 bits per heavy atom. The first-order chi connectivity index (χ1) is 12.1. The minimum absolute atomic E-state index is 0.0438. The number of nitrogens with zero attached hydrogens (tertiary/aromatic N) is 2. The number of hydrogen-bond donors (Lipinski definition) is 0. The van der Waals surface area contributed by atoms with Crippen LogP contribution in [0.2, 0.25) is 5.02 Å². The summed E-state index contributed by atoms with van der Waals surface area (Å²) in [5.74, 6) is 1.27. The van der Waals surface area contributed by atoms with E-state index in [0.717, 1.165) is 16.8 Å². The second-order valence-electron chi connectivity index (χ2n) is 5.69. The van der Waals surface area contributed by atoms with Crippen molar-refractivity contribution in [1.29, 1.82) is 0 Å². The highest BCUT2D eigenvalue weighted by Gasteiger charge is 2.22. The normalized spacial score (nSPS) is 13.6. The van der Waals surface area contributed by atoms with Crippen molar-refractivity contribution in [2.24, 2.45) is 5.10 Å². The fourth-order valence-electron chi connectivity index (χ4n) is 2.77. The summed E-state index contributed by atoms with van der Waals surface area (Å²) in [7, 11) is 3.19. The molecule has 0 saturated heterocycles. The van der Waals surface area contributed by atoms with Crippen molar-refractivity contribution in [3.63, 3.8) is 0 Å². The number of carbonyl (C=O) groups excluding carboxylic acids is 1. The van der Waals surface area contributed by atoms with Crippen LogP contribution in [-0.2, 0) is 11.2 Å². The molecule has 1 amide bonds. The molecule has 130 valence electrons. The molecule has 0 spiro atoms. The van der Waals surface area contributed by atoms with Gasteiger partial charge in [-0.25, -0.2) is 5.01 Å². The molecule has 0 saturated carbocycles. The van der Waals surface area contributed by atoms with Crippen LogP contribution in [0.4, 0.5) is 0 Å². The van der Waals surface area contributed by atoms with Gasteiger partial charge in [0.2, 0.25) is 5.91 Å². The lowest BCUT2D eigenvalue weighted by Crippen LogP contribution is -2.25. The molecule has 25 heavy (non-hydrogen) atoms. The van der Waals surface area contributed by atoms with Gasteiger partial charge in [-0.2, -0.15) is 5.10 Å². The summed E-state index contributed by atoms with van der Waals surface area (Å²) in [5, 5.41) is 6.63. The van der Waals surface area contributed by atoms with Crippen molar-refractivity contribution in [3.8, 4) is 11.5 Å². The molecule has 2 aromatic rings. The molecule has 1 heterocycles. The second-order valence-corrected chi connectivity index (χ2v) is 6.13. The smallest absolute Gasteiger partial charge is 0.247 e. The lowest BCUT2D eigenvalue weighted by Gasteiger charge is -2.11. The number of amides is 1. The zero-order valence-corrected chi connectivity index (χ0v) is 14.9. The molecule has 1 aliphatic heterocycles. The summed E-state index contributed by atoms with van der Waals surface area (Å²) >= 11 is 5.97. The zero-order valence-electron chi connectivity index (χ0n) is 14.2. The monoisotopic (exact) mass is 358 g/mol. The number of hydrogen-bond acceptors (Lipinski definition) is 4. The van der Waals surface area contributed by atoms with Crippen molar-refractivity contribution < 1.29 is 14.3 Å². The van der Waals surface area contributed by atoms with Crippen molar-refractivity contribution in [3.05, 3.63) is 58.6 Å². The van der Waals surface area contributed by atoms with E-state index in [1.807, 2.05) is 30.3 Å². The number of carbonyl (C=O) groups is 1. The van der Waals surface area contributed by atoms with Gasteiger partial charge in [0.15, 0.2) is 11.5 Å². The van der Waals surface area contributed by atoms with Gasteiger partial charge in [-0.15, -0.1) is 0 Å². The Bertz CT molecular complexity index is 820. The van der Waals surface area contributed by atoms with Gasteiger partial charge in [0, 0.05) is 17.0 Å². The first-order valence-corrected chi connectivity index (χ1v) is 8.33. The predicted octanol–water partition coefficient (Wildman–Crippen LogP) is 3.54. The first-order valence-electron chi connectivity index (χ1n) is 7.95. The molecule has 0 bridgehead atoms. The van der Waals surface area contributed by atoms with Gasteiger partial charge in [0.25, 0.3) is 0 Å². The maximum absolute atomic E-state index is 12.5. The number of benzene rings is 2. The molecule has 2 aromatic carbocycles. The molecule has 0 unspecified atom stereocenters. The third-order valence-corrected chi connectivity index (χ3v) is 4.29. The second kappa shape index (κ2) is 7.57. The minimum atomic E-state index is -0.0438. The Morgan fingerprint density at radius 1 is 1.16 bits per heavy atom. The molecule has 6 heteroatoms. The van der Waals surface area contributed by atoms with Crippen LogP contribution in [-0.4, -0.2) is 37.4 Å². The summed E-state index contributed by atoms with van der Waals surface area (Å²) in [4.78, 5) is 12.5. The Hall–Kier alpha value is -2.53. The summed E-state index contributed by atoms with van der Waals surface area (Å²) < 4.78 is 10.6. The van der Waals surface area contributed by atoms with Crippen molar-refractivity contribution in [1.82, 2.24) is 5.01 Å². The minimum Gasteiger partial charge on any atom is -0.493 e. The highest BCUT2D eigenvalue weighted by Crippen LogP contribution is 2.29. The Balaban J connectivity index is 1.74. The maximum Gasteiger partial charge on any atom is 0.247 e. The van der Waals surface area contributed by atoms with E-state index < -0.39 is 0 Å². The van der Waals surface area contributed by atoms with Gasteiger partial charge in [-0.1, -0.05) is 23.7 Å². The third-order valence-electron chi connectivity index (χ3n) is 4.05. The molecule has 0 radical (unpaired) electrons. The van der Waals surface area contributed by atoms with Crippen molar-refractivity contribution in [2.45, 2.75) is 12.8 Å². The molecule has 0 aliphatic carbocycles. The van der Waals surface area contributed by atoms with E-state index in [0.29, 0.717) is 29.5 Å². The molecule has 0 fully saturated rings. The lowest BCUT2D eigenvalue weighted by molar-refractivity contribution is -0.130. The summed E-state index contributed by atoms with van der Waals surface area (Å²) in [6.45, 7) is 0.572. The average Bonchev–Trinajstić information content (AvgIpc) is 3.11. The highest BCUT2D eigenvalue weighted by atomic mass is 35.5. The average molecular weight is 359 g/mol. The molecule has 0 atom stereocenters. The lowest BCUT2D eigenvalue weighted by atomic mass is 10.1. The number of halogens is 1. The molecule has 0 aromatic heterocycles. The van der Waals surface area contributed by atoms with E-state index in [2.05, 4.69) is 5.10 Å². The van der Waals surface area contributed by atoms with Crippen LogP contribution in [0.5, 0.6) is 11.5 Å². The van der Waals surface area contributed by atoms with E-state index in [4.69, 9.17) is 21.1 Å². The first kappa shape index (κ1) is 17.3. The highest BCUT2D eigenvalue weighted by molar-refractivity contribution is 6.30. The SMILES string of the molecule is COc1ccc(C2=NN(C(=O)Cc3cccc(Cl)c3)CC2)cc1OC. The number of ether oxygens (including phenoxy) is 2. The molecule has 3 rings (SSSR count). The Morgan fingerprint density at radius 2 is 1.96 bits per heavy atom. The molecule has 5 nitrogen and oxygen atoms in total. The van der Waals surface area contributed by atoms with Gasteiger partial charge < -0.3 is 9.47 Å². The molecule has 1 aliphatic rings. The topological polar surface area (TPSA) is 51.1 Å². The zero-order chi connectivity index (χ0) is 17.8. The fraction of sp³-hybridized carbons (Fsp3) is 0.263. The quantitative estimate of drug-likeness (QED) is 0.821. The van der Waals surface area contributed by atoms with Crippen molar-refractivity contribution in [2.75, 3.05) is 20.8 Å². The fourth-order valence-corrected chi connectivity index (χ4v) is 2.98. The van der Waals surface area contributed by atoms with E-state index in [9.17, 15) is 4.79 Å². The van der Waals surface area contributed by atoms with Crippen LogP contribution < -0.4 is 9.47 Å². The molecular weight excluding hydrogens is 340 g/mol. The van der Waals surface area contributed by atoms with Gasteiger partial charge in [-0.3, -0.25) is 4.79 Å². The van der Waals surface area contributed by atoms with Crippen LogP contribution in [0.25, 0.3) is 0 Å². The van der Waals surface area contributed by atoms with E-state index in [1.165, 1.54) is 5.01 Å². The summed E-state index contributed by atoms with van der Waals surface area (Å²) in [6, 6.07) is 13.0. The largest absolute Gasteiger partial charge is 0.493 e. The van der Waals surface area contributed by atoms with Crippen LogP contribution in [0.3, 0.4) is 0 Å². The predicted molar refractivity (Wildman–Crippen MR) is 97.6 cm³/mol.